The third-order valence-corrected chi connectivity index (χ3v) is 4.61. The van der Waals surface area contributed by atoms with Crippen molar-refractivity contribution in [3.63, 3.8) is 0 Å². The van der Waals surface area contributed by atoms with E-state index >= 15 is 0 Å². The number of aryl methyl sites for hydroxylation is 2. The van der Waals surface area contributed by atoms with Gasteiger partial charge in [0.25, 0.3) is 0 Å². The van der Waals surface area contributed by atoms with Crippen LogP contribution in [0.25, 0.3) is 0 Å². The summed E-state index contributed by atoms with van der Waals surface area (Å²) >= 11 is 0. The summed E-state index contributed by atoms with van der Waals surface area (Å²) < 4.78 is 0. The van der Waals surface area contributed by atoms with E-state index in [-0.39, 0.29) is 6.04 Å². The van der Waals surface area contributed by atoms with E-state index < -0.39 is 12.0 Å². The molecule has 0 aliphatic carbocycles. The van der Waals surface area contributed by atoms with Crippen LogP contribution in [0.4, 0.5) is 0 Å². The number of likely N-dealkylation sites (tertiary alicyclic amines) is 1. The summed E-state index contributed by atoms with van der Waals surface area (Å²) in [5.74, 6) is -0.742. The summed E-state index contributed by atoms with van der Waals surface area (Å²) in [5, 5.41) is 9.58. The monoisotopic (exact) mass is 310 g/mol. The van der Waals surface area contributed by atoms with Crippen molar-refractivity contribution in [1.82, 2.24) is 9.88 Å². The average Bonchev–Trinajstić information content (AvgIpc) is 3.01. The molecule has 23 heavy (non-hydrogen) atoms. The second-order valence-corrected chi connectivity index (χ2v) is 6.25. The minimum absolute atomic E-state index is 0.111. The highest BCUT2D eigenvalue weighted by atomic mass is 16.4. The fourth-order valence-corrected chi connectivity index (χ4v) is 3.41. The van der Waals surface area contributed by atoms with Gasteiger partial charge in [0.15, 0.2) is 0 Å². The zero-order chi connectivity index (χ0) is 16.4. The molecule has 1 aromatic carbocycles. The Balaban J connectivity index is 2.08. The van der Waals surface area contributed by atoms with Crippen molar-refractivity contribution in [3.8, 4) is 0 Å². The van der Waals surface area contributed by atoms with E-state index in [1.54, 1.807) is 0 Å². The Hall–Kier alpha value is -2.20. The van der Waals surface area contributed by atoms with E-state index in [1.165, 1.54) is 0 Å². The predicted octanol–water partition coefficient (Wildman–Crippen LogP) is 3.34. The Bertz CT molecular complexity index is 697. The third kappa shape index (κ3) is 3.13. The second-order valence-electron chi connectivity index (χ2n) is 6.25. The van der Waals surface area contributed by atoms with Crippen LogP contribution in [0.2, 0.25) is 0 Å². The number of carboxylic acids is 1. The number of aliphatic carboxylic acids is 1. The standard InChI is InChI=1S/C19H22N2O2/c1-13-9-10-16(20-12-13)18(15-7-4-3-6-14(15)2)21-11-5-8-17(21)19(22)23/h3-4,6-7,9-10,12,17-18H,5,8,11H2,1-2H3,(H,22,23). The molecule has 2 heterocycles. The Morgan fingerprint density at radius 2 is 2.04 bits per heavy atom. The zero-order valence-corrected chi connectivity index (χ0v) is 13.6. The minimum Gasteiger partial charge on any atom is -0.480 e. The van der Waals surface area contributed by atoms with Crippen molar-refractivity contribution in [2.24, 2.45) is 0 Å². The number of hydrogen-bond donors (Lipinski definition) is 1. The number of rotatable bonds is 4. The van der Waals surface area contributed by atoms with Crippen LogP contribution < -0.4 is 0 Å². The Labute approximate surface area is 136 Å². The van der Waals surface area contributed by atoms with Gasteiger partial charge in [-0.3, -0.25) is 14.7 Å². The highest BCUT2D eigenvalue weighted by molar-refractivity contribution is 5.74. The quantitative estimate of drug-likeness (QED) is 0.941. The van der Waals surface area contributed by atoms with Gasteiger partial charge >= 0.3 is 5.97 Å². The van der Waals surface area contributed by atoms with E-state index in [0.29, 0.717) is 6.42 Å². The highest BCUT2D eigenvalue weighted by Gasteiger charge is 2.37. The predicted molar refractivity (Wildman–Crippen MR) is 89.4 cm³/mol. The van der Waals surface area contributed by atoms with Gasteiger partial charge in [0.05, 0.1) is 11.7 Å². The van der Waals surface area contributed by atoms with Crippen LogP contribution >= 0.6 is 0 Å². The second kappa shape index (κ2) is 6.50. The lowest BCUT2D eigenvalue weighted by Crippen LogP contribution is -2.39. The number of aromatic nitrogens is 1. The van der Waals surface area contributed by atoms with E-state index in [4.69, 9.17) is 0 Å². The molecule has 1 N–H and O–H groups in total. The van der Waals surface area contributed by atoms with Gasteiger partial charge in [0, 0.05) is 12.7 Å². The number of carboxylic acid groups (broad SMARTS) is 1. The number of benzene rings is 1. The smallest absolute Gasteiger partial charge is 0.320 e. The Morgan fingerprint density at radius 3 is 2.70 bits per heavy atom. The summed E-state index contributed by atoms with van der Waals surface area (Å²) in [4.78, 5) is 18.3. The van der Waals surface area contributed by atoms with Crippen molar-refractivity contribution >= 4 is 5.97 Å². The zero-order valence-electron chi connectivity index (χ0n) is 13.6. The molecule has 2 atom stereocenters. The molecule has 4 nitrogen and oxygen atoms in total. The van der Waals surface area contributed by atoms with E-state index in [2.05, 4.69) is 28.9 Å². The molecular formula is C19H22N2O2. The van der Waals surface area contributed by atoms with E-state index in [9.17, 15) is 9.90 Å². The molecule has 1 fully saturated rings. The lowest BCUT2D eigenvalue weighted by Gasteiger charge is -2.32. The van der Waals surface area contributed by atoms with E-state index in [1.807, 2.05) is 37.4 Å². The van der Waals surface area contributed by atoms with Gasteiger partial charge in [-0.2, -0.15) is 0 Å². The first kappa shape index (κ1) is 15.7. The van der Waals surface area contributed by atoms with Crippen molar-refractivity contribution < 1.29 is 9.90 Å². The third-order valence-electron chi connectivity index (χ3n) is 4.61. The van der Waals surface area contributed by atoms with Crippen molar-refractivity contribution in [1.29, 1.82) is 0 Å². The van der Waals surface area contributed by atoms with Crippen LogP contribution in [-0.4, -0.2) is 33.5 Å². The first-order valence-corrected chi connectivity index (χ1v) is 8.04. The fraction of sp³-hybridized carbons (Fsp3) is 0.368. The van der Waals surface area contributed by atoms with Crippen LogP contribution in [-0.2, 0) is 4.79 Å². The summed E-state index contributed by atoms with van der Waals surface area (Å²) in [7, 11) is 0. The molecule has 1 aliphatic heterocycles. The van der Waals surface area contributed by atoms with Crippen molar-refractivity contribution in [2.45, 2.75) is 38.8 Å². The molecule has 120 valence electrons. The molecule has 0 bridgehead atoms. The maximum Gasteiger partial charge on any atom is 0.320 e. The summed E-state index contributed by atoms with van der Waals surface area (Å²) in [6.07, 6.45) is 3.46. The number of hydrogen-bond acceptors (Lipinski definition) is 3. The average molecular weight is 310 g/mol. The van der Waals surface area contributed by atoms with Gasteiger partial charge in [0.2, 0.25) is 0 Å². The fourth-order valence-electron chi connectivity index (χ4n) is 3.41. The Kier molecular flexibility index (Phi) is 4.44. The molecule has 1 saturated heterocycles. The molecule has 2 unspecified atom stereocenters. The van der Waals surface area contributed by atoms with Crippen LogP contribution in [0, 0.1) is 13.8 Å². The van der Waals surface area contributed by atoms with Crippen molar-refractivity contribution in [3.05, 3.63) is 65.0 Å². The maximum absolute atomic E-state index is 11.7. The summed E-state index contributed by atoms with van der Waals surface area (Å²) in [6, 6.07) is 11.7. The SMILES string of the molecule is Cc1ccc(C(c2ccccc2C)N2CCCC2C(=O)O)nc1. The normalized spacial score (nSPS) is 19.7. The first-order valence-electron chi connectivity index (χ1n) is 8.04. The minimum atomic E-state index is -0.742. The summed E-state index contributed by atoms with van der Waals surface area (Å²) in [6.45, 7) is 4.86. The number of pyridine rings is 1. The molecule has 1 aliphatic rings. The molecular weight excluding hydrogens is 288 g/mol. The Morgan fingerprint density at radius 1 is 1.26 bits per heavy atom. The number of carbonyl (C=O) groups is 1. The van der Waals surface area contributed by atoms with Crippen LogP contribution in [0.15, 0.2) is 42.6 Å². The molecule has 1 aromatic heterocycles. The largest absolute Gasteiger partial charge is 0.480 e. The first-order chi connectivity index (χ1) is 11.1. The number of nitrogens with zero attached hydrogens (tertiary/aromatic N) is 2. The van der Waals surface area contributed by atoms with Crippen LogP contribution in [0.5, 0.6) is 0 Å². The van der Waals surface area contributed by atoms with Gasteiger partial charge in [-0.05, 0) is 49.4 Å². The van der Waals surface area contributed by atoms with Gasteiger partial charge in [0.1, 0.15) is 6.04 Å². The van der Waals surface area contributed by atoms with Gasteiger partial charge in [-0.15, -0.1) is 0 Å². The molecule has 3 rings (SSSR count). The topological polar surface area (TPSA) is 53.4 Å². The van der Waals surface area contributed by atoms with Gasteiger partial charge in [-0.25, -0.2) is 0 Å². The molecule has 0 radical (unpaired) electrons. The molecule has 0 amide bonds. The van der Waals surface area contributed by atoms with Crippen LogP contribution in [0.3, 0.4) is 0 Å². The molecule has 4 heteroatoms. The van der Waals surface area contributed by atoms with E-state index in [0.717, 1.165) is 35.3 Å². The lowest BCUT2D eigenvalue weighted by atomic mass is 9.96. The lowest BCUT2D eigenvalue weighted by molar-refractivity contribution is -0.142. The molecule has 0 saturated carbocycles. The summed E-state index contributed by atoms with van der Waals surface area (Å²) in [5.41, 5.74) is 4.32. The molecule has 2 aromatic rings. The maximum atomic E-state index is 11.7. The molecule has 0 spiro atoms. The van der Waals surface area contributed by atoms with Crippen LogP contribution in [0.1, 0.15) is 41.3 Å². The van der Waals surface area contributed by atoms with Crippen molar-refractivity contribution in [2.75, 3.05) is 6.54 Å². The van der Waals surface area contributed by atoms with Gasteiger partial charge < -0.3 is 5.11 Å². The van der Waals surface area contributed by atoms with Gasteiger partial charge in [-0.1, -0.05) is 30.3 Å². The highest BCUT2D eigenvalue weighted by Crippen LogP contribution is 2.35.